The van der Waals surface area contributed by atoms with Gasteiger partial charge in [0.25, 0.3) is 0 Å². The highest BCUT2D eigenvalue weighted by atomic mass is 35.5. The zero-order valence-corrected chi connectivity index (χ0v) is 22.4. The van der Waals surface area contributed by atoms with Gasteiger partial charge in [0.15, 0.2) is 11.0 Å². The van der Waals surface area contributed by atoms with Crippen molar-refractivity contribution in [2.24, 2.45) is 0 Å². The maximum Gasteiger partial charge on any atom is 0.240 e. The van der Waals surface area contributed by atoms with E-state index in [1.807, 2.05) is 89.5 Å². The minimum atomic E-state index is -0.216. The summed E-state index contributed by atoms with van der Waals surface area (Å²) in [6.07, 6.45) is 0.425. The van der Waals surface area contributed by atoms with Crippen molar-refractivity contribution in [2.45, 2.75) is 36.3 Å². The van der Waals surface area contributed by atoms with E-state index < -0.39 is 0 Å². The summed E-state index contributed by atoms with van der Waals surface area (Å²) in [7, 11) is 0. The molecule has 4 aromatic rings. The first-order chi connectivity index (χ1) is 18.6. The van der Waals surface area contributed by atoms with Crippen molar-refractivity contribution in [3.8, 4) is 0 Å². The summed E-state index contributed by atoms with van der Waals surface area (Å²) >= 11 is 7.89. The lowest BCUT2D eigenvalue weighted by molar-refractivity contribution is -0.133. The fourth-order valence-electron chi connectivity index (χ4n) is 4.52. The van der Waals surface area contributed by atoms with Crippen LogP contribution in [0.25, 0.3) is 0 Å². The van der Waals surface area contributed by atoms with Crippen LogP contribution in [0.4, 0.5) is 0 Å². The van der Waals surface area contributed by atoms with Gasteiger partial charge in [-0.2, -0.15) is 0 Å². The Kier molecular flexibility index (Phi) is 8.41. The van der Waals surface area contributed by atoms with E-state index in [1.54, 1.807) is 16.7 Å². The third-order valence-corrected chi connectivity index (χ3v) is 7.94. The molecular weight excluding hydrogens is 518 g/mol. The quantitative estimate of drug-likeness (QED) is 0.287. The van der Waals surface area contributed by atoms with Crippen LogP contribution in [-0.2, 0) is 28.4 Å². The van der Waals surface area contributed by atoms with Gasteiger partial charge in [-0.05, 0) is 22.8 Å². The molecule has 0 saturated carbocycles. The summed E-state index contributed by atoms with van der Waals surface area (Å²) in [5, 5.41) is 13.2. The molecule has 7 nitrogen and oxygen atoms in total. The van der Waals surface area contributed by atoms with Crippen LogP contribution in [-0.4, -0.2) is 44.6 Å². The molecule has 5 rings (SSSR count). The van der Waals surface area contributed by atoms with Crippen LogP contribution in [0.1, 0.15) is 34.9 Å². The summed E-state index contributed by atoms with van der Waals surface area (Å²) < 4.78 is 2.02. The SMILES string of the molecule is O=C(CN1CC(c2ccccc2)CC1=O)NCc1nnc(SCc2ccccc2Cl)n1Cc1ccccc1. The van der Waals surface area contributed by atoms with Gasteiger partial charge in [0.05, 0.1) is 19.6 Å². The van der Waals surface area contributed by atoms with E-state index in [0.717, 1.165) is 21.8 Å². The minimum Gasteiger partial charge on any atom is -0.347 e. The predicted octanol–water partition coefficient (Wildman–Crippen LogP) is 4.90. The lowest BCUT2D eigenvalue weighted by Gasteiger charge is -2.17. The number of nitrogens with zero attached hydrogens (tertiary/aromatic N) is 4. The molecule has 0 bridgehead atoms. The molecule has 0 aliphatic carbocycles. The van der Waals surface area contributed by atoms with E-state index >= 15 is 0 Å². The third-order valence-electron chi connectivity index (χ3n) is 6.56. The summed E-state index contributed by atoms with van der Waals surface area (Å²) in [4.78, 5) is 27.0. The zero-order valence-electron chi connectivity index (χ0n) is 20.8. The highest BCUT2D eigenvalue weighted by Crippen LogP contribution is 2.28. The van der Waals surface area contributed by atoms with Crippen molar-refractivity contribution in [3.63, 3.8) is 0 Å². The molecular formula is C29H28ClN5O2S. The Balaban J connectivity index is 1.23. The average molecular weight is 546 g/mol. The Morgan fingerprint density at radius 3 is 2.45 bits per heavy atom. The number of hydrogen-bond donors (Lipinski definition) is 1. The molecule has 2 heterocycles. The maximum atomic E-state index is 12.8. The van der Waals surface area contributed by atoms with Gasteiger partial charge in [-0.3, -0.25) is 9.59 Å². The van der Waals surface area contributed by atoms with Crippen molar-refractivity contribution >= 4 is 35.2 Å². The number of carbonyl (C=O) groups is 2. The smallest absolute Gasteiger partial charge is 0.240 e. The second kappa shape index (κ2) is 12.3. The summed E-state index contributed by atoms with van der Waals surface area (Å²) in [5.41, 5.74) is 3.25. The summed E-state index contributed by atoms with van der Waals surface area (Å²) in [6, 6.07) is 27.8. The van der Waals surface area contributed by atoms with Gasteiger partial charge in [-0.15, -0.1) is 10.2 Å². The van der Waals surface area contributed by atoms with Crippen LogP contribution in [0.2, 0.25) is 5.02 Å². The first-order valence-electron chi connectivity index (χ1n) is 12.5. The number of aromatic nitrogens is 3. The second-order valence-corrected chi connectivity index (χ2v) is 10.6. The van der Waals surface area contributed by atoms with E-state index in [0.29, 0.717) is 36.1 Å². The molecule has 1 N–H and O–H groups in total. The summed E-state index contributed by atoms with van der Waals surface area (Å²) in [5.74, 6) is 1.20. The highest BCUT2D eigenvalue weighted by molar-refractivity contribution is 7.98. The molecule has 1 aliphatic rings. The second-order valence-electron chi connectivity index (χ2n) is 9.21. The van der Waals surface area contributed by atoms with E-state index in [-0.39, 0.29) is 30.8 Å². The number of likely N-dealkylation sites (tertiary alicyclic amines) is 1. The topological polar surface area (TPSA) is 80.1 Å². The summed E-state index contributed by atoms with van der Waals surface area (Å²) in [6.45, 7) is 1.37. The molecule has 9 heteroatoms. The lowest BCUT2D eigenvalue weighted by Crippen LogP contribution is -2.38. The molecule has 3 aromatic carbocycles. The fraction of sp³-hybridized carbons (Fsp3) is 0.241. The standard InChI is InChI=1S/C29H28ClN5O2S/c30-25-14-8-7-13-23(25)20-38-29-33-32-26(35(29)17-21-9-3-1-4-10-21)16-31-27(36)19-34-18-24(15-28(34)37)22-11-5-2-6-12-22/h1-14,24H,15-20H2,(H,31,36). The molecule has 2 amide bonds. The first kappa shape index (κ1) is 26.0. The Morgan fingerprint density at radius 1 is 0.974 bits per heavy atom. The normalized spacial score (nSPS) is 15.1. The lowest BCUT2D eigenvalue weighted by atomic mass is 9.99. The van der Waals surface area contributed by atoms with Gasteiger partial charge in [-0.25, -0.2) is 0 Å². The van der Waals surface area contributed by atoms with Crippen molar-refractivity contribution in [1.82, 2.24) is 25.0 Å². The molecule has 194 valence electrons. The Labute approximate surface area is 231 Å². The van der Waals surface area contributed by atoms with Gasteiger partial charge >= 0.3 is 0 Å². The number of carbonyl (C=O) groups excluding carboxylic acids is 2. The molecule has 0 radical (unpaired) electrons. The van der Waals surface area contributed by atoms with E-state index in [9.17, 15) is 9.59 Å². The fourth-order valence-corrected chi connectivity index (χ4v) is 5.76. The Hall–Kier alpha value is -3.62. The predicted molar refractivity (Wildman–Crippen MR) is 149 cm³/mol. The van der Waals surface area contributed by atoms with Crippen LogP contribution in [0.15, 0.2) is 90.1 Å². The van der Waals surface area contributed by atoms with Crippen LogP contribution < -0.4 is 5.32 Å². The maximum absolute atomic E-state index is 12.8. The third kappa shape index (κ3) is 6.44. The molecule has 1 aliphatic heterocycles. The molecule has 1 saturated heterocycles. The highest BCUT2D eigenvalue weighted by Gasteiger charge is 2.31. The Bertz CT molecular complexity index is 1400. The van der Waals surface area contributed by atoms with Crippen LogP contribution >= 0.6 is 23.4 Å². The number of benzene rings is 3. The van der Waals surface area contributed by atoms with Crippen LogP contribution in [0.5, 0.6) is 0 Å². The van der Waals surface area contributed by atoms with Crippen molar-refractivity contribution < 1.29 is 9.59 Å². The molecule has 38 heavy (non-hydrogen) atoms. The first-order valence-corrected chi connectivity index (χ1v) is 13.8. The monoisotopic (exact) mass is 545 g/mol. The number of thioether (sulfide) groups is 1. The van der Waals surface area contributed by atoms with Crippen molar-refractivity contribution in [2.75, 3.05) is 13.1 Å². The minimum absolute atomic E-state index is 0.000457. The largest absolute Gasteiger partial charge is 0.347 e. The number of amides is 2. The van der Waals surface area contributed by atoms with Gasteiger partial charge in [0.2, 0.25) is 11.8 Å². The number of rotatable bonds is 10. The van der Waals surface area contributed by atoms with Gasteiger partial charge in [0, 0.05) is 29.7 Å². The molecule has 1 fully saturated rings. The molecule has 1 unspecified atom stereocenters. The molecule has 0 spiro atoms. The zero-order chi connectivity index (χ0) is 26.3. The average Bonchev–Trinajstić information content (AvgIpc) is 3.50. The number of nitrogens with one attached hydrogen (secondary N) is 1. The van der Waals surface area contributed by atoms with Crippen LogP contribution in [0.3, 0.4) is 0 Å². The van der Waals surface area contributed by atoms with E-state index in [4.69, 9.17) is 11.6 Å². The number of hydrogen-bond acceptors (Lipinski definition) is 5. The molecule has 1 aromatic heterocycles. The van der Waals surface area contributed by atoms with Crippen LogP contribution in [0, 0.1) is 0 Å². The van der Waals surface area contributed by atoms with Gasteiger partial charge in [0.1, 0.15) is 0 Å². The number of halogens is 1. The van der Waals surface area contributed by atoms with Gasteiger partial charge < -0.3 is 14.8 Å². The van der Waals surface area contributed by atoms with E-state index in [1.165, 1.54) is 0 Å². The van der Waals surface area contributed by atoms with Crippen molar-refractivity contribution in [3.05, 3.63) is 112 Å². The van der Waals surface area contributed by atoms with Gasteiger partial charge in [-0.1, -0.05) is 102 Å². The van der Waals surface area contributed by atoms with E-state index in [2.05, 4.69) is 15.5 Å². The molecule has 1 atom stereocenters. The van der Waals surface area contributed by atoms with Crippen molar-refractivity contribution in [1.29, 1.82) is 0 Å². The Morgan fingerprint density at radius 2 is 1.68 bits per heavy atom.